The van der Waals surface area contributed by atoms with Crippen LogP contribution in [-0.2, 0) is 10.0 Å². The number of sulfonamides is 1. The van der Waals surface area contributed by atoms with Crippen molar-refractivity contribution in [2.75, 3.05) is 5.73 Å². The van der Waals surface area contributed by atoms with Gasteiger partial charge in [0.2, 0.25) is 10.0 Å². The monoisotopic (exact) mass is 298 g/mol. The lowest BCUT2D eigenvalue weighted by Gasteiger charge is -2.22. The molecule has 0 amide bonds. The summed E-state index contributed by atoms with van der Waals surface area (Å²) in [6.07, 6.45) is 5.29. The fourth-order valence-corrected chi connectivity index (χ4v) is 4.05. The molecule has 2 unspecified atom stereocenters. The molecule has 0 saturated heterocycles. The van der Waals surface area contributed by atoms with E-state index in [1.165, 1.54) is 18.2 Å². The quantitative estimate of drug-likeness (QED) is 0.453. The molecular weight excluding hydrogens is 276 g/mol. The van der Waals surface area contributed by atoms with Crippen molar-refractivity contribution in [2.45, 2.75) is 50.0 Å². The number of anilines is 1. The van der Waals surface area contributed by atoms with Gasteiger partial charge in [0.15, 0.2) is 0 Å². The summed E-state index contributed by atoms with van der Waals surface area (Å²) in [4.78, 5) is 0.101. The zero-order valence-electron chi connectivity index (χ0n) is 11.7. The molecule has 20 heavy (non-hydrogen) atoms. The van der Waals surface area contributed by atoms with Crippen molar-refractivity contribution in [1.82, 2.24) is 4.72 Å². The summed E-state index contributed by atoms with van der Waals surface area (Å²) in [7, 11) is -3.59. The van der Waals surface area contributed by atoms with Crippen LogP contribution in [0.2, 0.25) is 0 Å². The maximum Gasteiger partial charge on any atom is 0.240 e. The molecule has 0 spiro atoms. The second-order valence-electron chi connectivity index (χ2n) is 5.56. The van der Waals surface area contributed by atoms with Gasteiger partial charge in [-0.15, -0.1) is 0 Å². The Balaban J connectivity index is 2.19. The second kappa shape index (κ2) is 6.01. The van der Waals surface area contributed by atoms with Crippen LogP contribution in [0.3, 0.4) is 0 Å². The Bertz CT molecular complexity index is 572. The molecule has 0 aliphatic heterocycles. The van der Waals surface area contributed by atoms with Crippen molar-refractivity contribution >= 4 is 15.7 Å². The van der Waals surface area contributed by atoms with Gasteiger partial charge in [0.1, 0.15) is 5.75 Å². The average Bonchev–Trinajstić information content (AvgIpc) is 2.58. The fourth-order valence-electron chi connectivity index (χ4n) is 2.64. The number of hydrogen-bond donors (Lipinski definition) is 3. The highest BCUT2D eigenvalue weighted by Gasteiger charge is 2.26. The van der Waals surface area contributed by atoms with Gasteiger partial charge in [-0.25, -0.2) is 13.1 Å². The van der Waals surface area contributed by atoms with Gasteiger partial charge in [-0.1, -0.05) is 26.2 Å². The van der Waals surface area contributed by atoms with E-state index in [0.717, 1.165) is 32.1 Å². The predicted molar refractivity (Wildman–Crippen MR) is 78.9 cm³/mol. The molecule has 1 saturated carbocycles. The molecule has 5 nitrogen and oxygen atoms in total. The number of phenolic OH excluding ortho intramolecular Hbond substituents is 1. The molecule has 1 aliphatic rings. The number of benzene rings is 1. The number of nitrogen functional groups attached to an aromatic ring is 1. The van der Waals surface area contributed by atoms with Crippen LogP contribution in [0.1, 0.15) is 39.0 Å². The van der Waals surface area contributed by atoms with E-state index in [4.69, 9.17) is 5.73 Å². The van der Waals surface area contributed by atoms with E-state index in [0.29, 0.717) is 5.92 Å². The summed E-state index contributed by atoms with van der Waals surface area (Å²) in [5, 5.41) is 9.37. The van der Waals surface area contributed by atoms with E-state index in [2.05, 4.69) is 11.6 Å². The molecule has 0 radical (unpaired) electrons. The first-order valence-electron chi connectivity index (χ1n) is 7.01. The SMILES string of the molecule is CC1CCCCCC1NS(=O)(=O)c1ccc(O)c(N)c1. The highest BCUT2D eigenvalue weighted by molar-refractivity contribution is 7.89. The summed E-state index contributed by atoms with van der Waals surface area (Å²) in [6, 6.07) is 3.94. The Kier molecular flexibility index (Phi) is 4.55. The number of rotatable bonds is 3. The van der Waals surface area contributed by atoms with Crippen LogP contribution in [-0.4, -0.2) is 19.6 Å². The first-order chi connectivity index (χ1) is 9.40. The van der Waals surface area contributed by atoms with Crippen LogP contribution in [0.15, 0.2) is 23.1 Å². The predicted octanol–water partition coefficient (Wildman–Crippen LogP) is 2.22. The zero-order chi connectivity index (χ0) is 14.8. The molecule has 1 aliphatic carbocycles. The first-order valence-corrected chi connectivity index (χ1v) is 8.49. The van der Waals surface area contributed by atoms with Crippen LogP contribution in [0.5, 0.6) is 5.75 Å². The molecular formula is C14H22N2O3S. The van der Waals surface area contributed by atoms with Crippen molar-refractivity contribution in [3.05, 3.63) is 18.2 Å². The standard InChI is InChI=1S/C14H22N2O3S/c1-10-5-3-2-4-6-13(10)16-20(18,19)11-7-8-14(17)12(15)9-11/h7-10,13,16-17H,2-6,15H2,1H3. The second-order valence-corrected chi connectivity index (χ2v) is 7.28. The van der Waals surface area contributed by atoms with Crippen LogP contribution in [0.4, 0.5) is 5.69 Å². The van der Waals surface area contributed by atoms with E-state index in [-0.39, 0.29) is 22.4 Å². The highest BCUT2D eigenvalue weighted by Crippen LogP contribution is 2.26. The number of nitrogens with one attached hydrogen (secondary N) is 1. The third-order valence-corrected chi connectivity index (χ3v) is 5.46. The van der Waals surface area contributed by atoms with Crippen molar-refractivity contribution < 1.29 is 13.5 Å². The maximum atomic E-state index is 12.4. The van der Waals surface area contributed by atoms with Gasteiger partial charge in [-0.05, 0) is 37.0 Å². The van der Waals surface area contributed by atoms with Gasteiger partial charge in [0.05, 0.1) is 10.6 Å². The molecule has 2 rings (SSSR count). The number of hydrogen-bond acceptors (Lipinski definition) is 4. The summed E-state index contributed by atoms with van der Waals surface area (Å²) in [5.41, 5.74) is 5.63. The Morgan fingerprint density at radius 1 is 1.25 bits per heavy atom. The number of nitrogens with two attached hydrogens (primary N) is 1. The molecule has 4 N–H and O–H groups in total. The van der Waals surface area contributed by atoms with Crippen LogP contribution >= 0.6 is 0 Å². The van der Waals surface area contributed by atoms with Crippen LogP contribution in [0, 0.1) is 5.92 Å². The van der Waals surface area contributed by atoms with E-state index in [9.17, 15) is 13.5 Å². The van der Waals surface area contributed by atoms with Gasteiger partial charge in [0.25, 0.3) is 0 Å². The minimum Gasteiger partial charge on any atom is -0.506 e. The summed E-state index contributed by atoms with van der Waals surface area (Å²) in [6.45, 7) is 2.09. The molecule has 1 aromatic rings. The lowest BCUT2D eigenvalue weighted by Crippen LogP contribution is -2.38. The molecule has 1 aromatic carbocycles. The Morgan fingerprint density at radius 2 is 1.95 bits per heavy atom. The Labute approximate surface area is 120 Å². The largest absolute Gasteiger partial charge is 0.506 e. The maximum absolute atomic E-state index is 12.4. The third kappa shape index (κ3) is 3.43. The van der Waals surface area contributed by atoms with Gasteiger partial charge in [0, 0.05) is 6.04 Å². The first kappa shape index (κ1) is 15.1. The Hall–Kier alpha value is -1.27. The molecule has 0 bridgehead atoms. The minimum absolute atomic E-state index is 0.0301. The van der Waals surface area contributed by atoms with Crippen molar-refractivity contribution in [3.8, 4) is 5.75 Å². The third-order valence-electron chi connectivity index (χ3n) is 3.98. The van der Waals surface area contributed by atoms with E-state index < -0.39 is 10.0 Å². The lowest BCUT2D eigenvalue weighted by atomic mass is 9.98. The van der Waals surface area contributed by atoms with Crippen molar-refractivity contribution in [1.29, 1.82) is 0 Å². The van der Waals surface area contributed by atoms with Gasteiger partial charge in [-0.3, -0.25) is 0 Å². The van der Waals surface area contributed by atoms with Crippen LogP contribution in [0.25, 0.3) is 0 Å². The molecule has 0 heterocycles. The number of aromatic hydroxyl groups is 1. The van der Waals surface area contributed by atoms with Crippen LogP contribution < -0.4 is 10.5 Å². The smallest absolute Gasteiger partial charge is 0.240 e. The van der Waals surface area contributed by atoms with Gasteiger partial charge < -0.3 is 10.8 Å². The normalized spacial score (nSPS) is 24.2. The molecule has 2 atom stereocenters. The molecule has 112 valence electrons. The minimum atomic E-state index is -3.59. The van der Waals surface area contributed by atoms with E-state index in [1.54, 1.807) is 0 Å². The van der Waals surface area contributed by atoms with Crippen molar-refractivity contribution in [2.24, 2.45) is 5.92 Å². The number of phenols is 1. The topological polar surface area (TPSA) is 92.4 Å². The van der Waals surface area contributed by atoms with Gasteiger partial charge >= 0.3 is 0 Å². The summed E-state index contributed by atoms with van der Waals surface area (Å²) in [5.74, 6) is 0.230. The highest BCUT2D eigenvalue weighted by atomic mass is 32.2. The van der Waals surface area contributed by atoms with E-state index >= 15 is 0 Å². The molecule has 6 heteroatoms. The fraction of sp³-hybridized carbons (Fsp3) is 0.571. The summed E-state index contributed by atoms with van der Waals surface area (Å²) >= 11 is 0. The average molecular weight is 298 g/mol. The summed E-state index contributed by atoms with van der Waals surface area (Å²) < 4.78 is 27.5. The molecule has 1 fully saturated rings. The van der Waals surface area contributed by atoms with Crippen molar-refractivity contribution in [3.63, 3.8) is 0 Å². The van der Waals surface area contributed by atoms with E-state index in [1.807, 2.05) is 0 Å². The lowest BCUT2D eigenvalue weighted by molar-refractivity contribution is 0.399. The van der Waals surface area contributed by atoms with Gasteiger partial charge in [-0.2, -0.15) is 0 Å². The zero-order valence-corrected chi connectivity index (χ0v) is 12.5. The molecule has 0 aromatic heterocycles. The Morgan fingerprint density at radius 3 is 2.65 bits per heavy atom.